The summed E-state index contributed by atoms with van der Waals surface area (Å²) in [5, 5.41) is 105. The number of phenols is 1. The molecule has 3 heterocycles. The molecule has 25 nitrogen and oxygen atoms in total. The van der Waals surface area contributed by atoms with Crippen molar-refractivity contribution >= 4 is 41.4 Å². The largest absolute Gasteiger partial charge is 0.508 e. The van der Waals surface area contributed by atoms with Gasteiger partial charge in [-0.25, -0.2) is 0 Å². The summed E-state index contributed by atoms with van der Waals surface area (Å²) in [5.74, 6) is -8.19. The molecule has 7 unspecified atom stereocenters. The fourth-order valence-corrected chi connectivity index (χ4v) is 10.7. The van der Waals surface area contributed by atoms with Crippen LogP contribution in [0, 0.1) is 5.92 Å². The summed E-state index contributed by atoms with van der Waals surface area (Å²) in [4.78, 5) is 103. The van der Waals surface area contributed by atoms with Crippen molar-refractivity contribution in [2.45, 2.75) is 145 Å². The minimum Gasteiger partial charge on any atom is -0.508 e. The number of unbranched alkanes of at least 4 members (excludes halogenated alkanes) is 2. The fourth-order valence-electron chi connectivity index (χ4n) is 10.7. The molecular weight excluding hydrogens is 1100 g/mol. The highest BCUT2D eigenvalue weighted by molar-refractivity contribution is 6.00. The van der Waals surface area contributed by atoms with E-state index in [1.54, 1.807) is 12.1 Å². The first kappa shape index (κ1) is 65.0. The van der Waals surface area contributed by atoms with E-state index in [4.69, 9.17) is 10.5 Å². The Balaban J connectivity index is 1.21. The van der Waals surface area contributed by atoms with Gasteiger partial charge in [0.05, 0.1) is 37.1 Å². The summed E-state index contributed by atoms with van der Waals surface area (Å²) in [6.45, 7) is 5.51. The molecule has 0 aliphatic carbocycles. The quantitative estimate of drug-likeness (QED) is 0.0542. The Morgan fingerprint density at radius 1 is 0.671 bits per heavy atom. The second kappa shape index (κ2) is 29.5. The summed E-state index contributed by atoms with van der Waals surface area (Å²) >= 11 is 0. The van der Waals surface area contributed by atoms with Crippen molar-refractivity contribution in [1.29, 1.82) is 0 Å². The molecular formula is C60H79N9O16. The molecule has 0 bridgehead atoms. The molecule has 0 radical (unpaired) electrons. The van der Waals surface area contributed by atoms with Gasteiger partial charge in [-0.1, -0.05) is 87.4 Å². The molecule has 7 amide bonds. The van der Waals surface area contributed by atoms with Crippen molar-refractivity contribution in [2.24, 2.45) is 11.7 Å². The van der Waals surface area contributed by atoms with Gasteiger partial charge in [0.15, 0.2) is 0 Å². The molecule has 4 aromatic rings. The van der Waals surface area contributed by atoms with Crippen LogP contribution in [0.4, 0.5) is 0 Å². The highest BCUT2D eigenvalue weighted by Crippen LogP contribution is 2.30. The molecule has 15 atom stereocenters. The third kappa shape index (κ3) is 16.0. The van der Waals surface area contributed by atoms with Crippen LogP contribution in [0.1, 0.15) is 81.8 Å². The van der Waals surface area contributed by atoms with Crippen molar-refractivity contribution in [2.75, 3.05) is 32.8 Å². The van der Waals surface area contributed by atoms with Crippen LogP contribution in [0.25, 0.3) is 22.3 Å². The Morgan fingerprint density at radius 3 is 1.78 bits per heavy atom. The van der Waals surface area contributed by atoms with Crippen LogP contribution in [-0.2, 0) is 28.8 Å². The van der Waals surface area contributed by atoms with E-state index in [0.717, 1.165) is 70.9 Å². The van der Waals surface area contributed by atoms with Crippen LogP contribution in [0.15, 0.2) is 97.1 Å². The number of aliphatic hydroxyl groups excluding tert-OH is 7. The predicted octanol–water partition coefficient (Wildman–Crippen LogP) is -1.37. The van der Waals surface area contributed by atoms with E-state index in [1.165, 1.54) is 43.3 Å². The summed E-state index contributed by atoms with van der Waals surface area (Å²) in [5.41, 5.74) is 9.30. The predicted molar refractivity (Wildman–Crippen MR) is 308 cm³/mol. The van der Waals surface area contributed by atoms with Gasteiger partial charge in [-0.15, -0.1) is 0 Å². The second-order valence-electron chi connectivity index (χ2n) is 22.1. The van der Waals surface area contributed by atoms with Crippen LogP contribution in [0.2, 0.25) is 0 Å². The third-order valence-corrected chi connectivity index (χ3v) is 15.6. The molecule has 0 spiro atoms. The Labute approximate surface area is 491 Å². The Hall–Kier alpha value is -7.59. The third-order valence-electron chi connectivity index (χ3n) is 15.6. The lowest BCUT2D eigenvalue weighted by atomic mass is 9.96. The van der Waals surface area contributed by atoms with E-state index in [0.29, 0.717) is 6.61 Å². The van der Waals surface area contributed by atoms with Gasteiger partial charge in [0.25, 0.3) is 5.91 Å². The van der Waals surface area contributed by atoms with Crippen molar-refractivity contribution in [3.63, 3.8) is 0 Å². The minimum absolute atomic E-state index is 0.0489. The highest BCUT2D eigenvalue weighted by Gasteiger charge is 2.50. The number of nitrogens with zero attached hydrogens (tertiary/aromatic N) is 2. The number of amides is 7. The summed E-state index contributed by atoms with van der Waals surface area (Å²) in [6, 6.07) is 15.3. The van der Waals surface area contributed by atoms with Gasteiger partial charge in [0.1, 0.15) is 66.1 Å². The van der Waals surface area contributed by atoms with E-state index >= 15 is 0 Å². The van der Waals surface area contributed by atoms with Crippen LogP contribution >= 0.6 is 0 Å². The zero-order valence-corrected chi connectivity index (χ0v) is 47.8. The van der Waals surface area contributed by atoms with Gasteiger partial charge in [0, 0.05) is 50.5 Å². The number of fused-ring (bicyclic) bond motifs is 2. The molecule has 7 rings (SSSR count). The first-order chi connectivity index (χ1) is 40.5. The maximum atomic E-state index is 14.7. The number of hydrogen-bond donors (Lipinski definition) is 15. The van der Waals surface area contributed by atoms with Gasteiger partial charge < -0.3 is 87.7 Å². The van der Waals surface area contributed by atoms with Gasteiger partial charge in [-0.05, 0) is 84.5 Å². The number of phenolic OH excluding ortho intramolecular Hbond substituents is 1. The molecule has 0 saturated carbocycles. The smallest absolute Gasteiger partial charge is 0.251 e. The fraction of sp³-hybridized carbons (Fsp3) is 0.483. The van der Waals surface area contributed by atoms with Gasteiger partial charge in [-0.2, -0.15) is 0 Å². The monoisotopic (exact) mass is 1180 g/mol. The highest BCUT2D eigenvalue weighted by atomic mass is 16.5. The van der Waals surface area contributed by atoms with E-state index in [2.05, 4.69) is 38.8 Å². The standard InChI is InChI=1S/C60H79N9O16/c1-5-6-7-26-85-42-22-18-37(19-23-42)35-10-8-34(9-11-35)36-12-14-39(15-13-36)54(78)63-43-28-45(74)53(62-25-24-61)67-58(82)49-50(75)31(2)29-69(49)60(84)47(33(4)71)65-57(81)48(52(77)51(76)38-16-20-40(72)21-17-38)66-56(80)44-27-41(73)30-68(44)59(83)46(32(3)70)64-55(43)79/h8-23,31-33,41,43-53,62,70-77H,5-7,24-30,61H2,1-4H3,(H,63,78)(H,64,79)(H,65,81)(H,66,80)(H,67,82)/t31-,32+,33+,41+,43?,44?,45+,46?,47?,48?,49?,50-,51-,52-,53?/m0/s1. The van der Waals surface area contributed by atoms with Crippen molar-refractivity contribution in [1.82, 2.24) is 41.7 Å². The van der Waals surface area contributed by atoms with Crippen molar-refractivity contribution in [3.8, 4) is 33.8 Å². The van der Waals surface area contributed by atoms with Gasteiger partial charge in [0.2, 0.25) is 35.4 Å². The number of aromatic hydroxyl groups is 1. The summed E-state index contributed by atoms with van der Waals surface area (Å²) < 4.78 is 5.86. The zero-order chi connectivity index (χ0) is 61.8. The Kier molecular flexibility index (Phi) is 22.5. The lowest BCUT2D eigenvalue weighted by Gasteiger charge is -2.34. The number of ether oxygens (including phenoxy) is 1. The number of rotatable bonds is 17. The first-order valence-corrected chi connectivity index (χ1v) is 28.6. The van der Waals surface area contributed by atoms with Crippen molar-refractivity contribution in [3.05, 3.63) is 108 Å². The van der Waals surface area contributed by atoms with E-state index < -0.39 is 152 Å². The molecule has 85 heavy (non-hydrogen) atoms. The summed E-state index contributed by atoms with van der Waals surface area (Å²) in [6.07, 6.45) is -12.2. The van der Waals surface area contributed by atoms with E-state index in [-0.39, 0.29) is 36.5 Å². The van der Waals surface area contributed by atoms with E-state index in [1.807, 2.05) is 48.5 Å². The average Bonchev–Trinajstić information content (AvgIpc) is 3.51. The molecule has 3 aliphatic heterocycles. The number of benzene rings is 4. The SMILES string of the molecule is CCCCCOc1ccc(-c2ccc(-c3ccc(C(=O)NC4C[C@@H](O)C(NCCN)NC(=O)C5[C@@H](O)[C@@H](C)CN5C(=O)C([C@@H](C)O)NC(=O)C([C@H](O)[C@@H](O)c5ccc(O)cc5)NC(=O)C5C[C@@H](O)CN5C(=O)C([C@@H](C)O)NC4=O)cc3)cc2)cc1. The average molecular weight is 1180 g/mol. The first-order valence-electron chi connectivity index (χ1n) is 28.6. The molecule has 460 valence electrons. The number of carbonyl (C=O) groups is 7. The van der Waals surface area contributed by atoms with Crippen LogP contribution in [-0.4, -0.2) is 204 Å². The molecule has 3 fully saturated rings. The van der Waals surface area contributed by atoms with Gasteiger partial charge >= 0.3 is 0 Å². The Morgan fingerprint density at radius 2 is 1.21 bits per heavy atom. The molecule has 0 aromatic heterocycles. The van der Waals surface area contributed by atoms with Crippen LogP contribution < -0.4 is 42.4 Å². The Bertz CT molecular complexity index is 2940. The zero-order valence-electron chi connectivity index (χ0n) is 47.8. The molecule has 4 aromatic carbocycles. The molecule has 16 N–H and O–H groups in total. The normalized spacial score (nSPS) is 27.0. The maximum absolute atomic E-state index is 14.7. The molecule has 3 aliphatic rings. The van der Waals surface area contributed by atoms with Crippen LogP contribution in [0.5, 0.6) is 11.5 Å². The van der Waals surface area contributed by atoms with Crippen LogP contribution in [0.3, 0.4) is 0 Å². The lowest BCUT2D eigenvalue weighted by molar-refractivity contribution is -0.148. The topological polar surface area (TPSA) is 395 Å². The molecule has 3 saturated heterocycles. The number of hydrogen-bond acceptors (Lipinski definition) is 18. The van der Waals surface area contributed by atoms with E-state index in [9.17, 15) is 74.4 Å². The number of nitrogens with two attached hydrogens (primary N) is 1. The number of nitrogens with one attached hydrogen (secondary N) is 6. The van der Waals surface area contributed by atoms with Gasteiger partial charge in [-0.3, -0.25) is 38.9 Å². The molecule has 25 heteroatoms. The summed E-state index contributed by atoms with van der Waals surface area (Å²) in [7, 11) is 0. The van der Waals surface area contributed by atoms with Crippen molar-refractivity contribution < 1.29 is 79.2 Å². The number of aliphatic hydroxyl groups is 7. The lowest BCUT2D eigenvalue weighted by Crippen LogP contribution is -2.64. The minimum atomic E-state index is -2.28. The number of carbonyl (C=O) groups excluding carboxylic acids is 7. The second-order valence-corrected chi connectivity index (χ2v) is 22.1. The maximum Gasteiger partial charge on any atom is 0.251 e.